The first-order valence-corrected chi connectivity index (χ1v) is 11.5. The maximum atomic E-state index is 13.1. The number of benzene rings is 2. The van der Waals surface area contributed by atoms with Gasteiger partial charge in [-0.2, -0.15) is 5.48 Å². The van der Waals surface area contributed by atoms with E-state index in [0.29, 0.717) is 16.3 Å². The van der Waals surface area contributed by atoms with Crippen molar-refractivity contribution in [2.24, 2.45) is 11.5 Å². The first kappa shape index (κ1) is 24.3. The molecule has 12 heteroatoms. The molecule has 7 N–H and O–H groups in total. The average molecular weight is 476 g/mol. The molecular formula is C21H25N5O6S. The SMILES string of the molecule is N=C(N)c1ccc([C@@H]2C[C@H](CC(=O)N(C[C@H](N)C(=O)O)S(=O)(=O)c3ccccc3)ON2)cc1. The lowest BCUT2D eigenvalue weighted by atomic mass is 9.99. The third kappa shape index (κ3) is 5.73. The van der Waals surface area contributed by atoms with Crippen LogP contribution in [0, 0.1) is 5.41 Å². The number of nitrogens with zero attached hydrogens (tertiary/aromatic N) is 1. The molecule has 1 aliphatic rings. The summed E-state index contributed by atoms with van der Waals surface area (Å²) in [5.41, 5.74) is 15.2. The highest BCUT2D eigenvalue weighted by atomic mass is 32.2. The van der Waals surface area contributed by atoms with Gasteiger partial charge < -0.3 is 16.6 Å². The smallest absolute Gasteiger partial charge is 0.322 e. The standard InChI is InChI=1S/C21H25N5O6S/c22-17(21(28)29)12-26(33(30,31)16-4-2-1-3-5-16)19(27)11-15-10-18(25-32-15)13-6-8-14(9-7-13)20(23)24/h1-9,15,17-18,25H,10-12,22H2,(H3,23,24)(H,28,29)/t15-,17+,18+/m1/s1. The van der Waals surface area contributed by atoms with Crippen molar-refractivity contribution in [2.45, 2.75) is 35.9 Å². The van der Waals surface area contributed by atoms with E-state index in [0.717, 1.165) is 5.56 Å². The molecule has 0 aromatic heterocycles. The molecule has 3 atom stereocenters. The second-order valence-electron chi connectivity index (χ2n) is 7.57. The predicted molar refractivity (Wildman–Crippen MR) is 118 cm³/mol. The lowest BCUT2D eigenvalue weighted by molar-refractivity contribution is -0.139. The van der Waals surface area contributed by atoms with E-state index in [-0.39, 0.29) is 23.2 Å². The Hall–Kier alpha value is -3.32. The third-order valence-electron chi connectivity index (χ3n) is 5.19. The summed E-state index contributed by atoms with van der Waals surface area (Å²) < 4.78 is 26.6. The van der Waals surface area contributed by atoms with Crippen molar-refractivity contribution in [3.05, 3.63) is 65.7 Å². The Kier molecular flexibility index (Phi) is 7.43. The van der Waals surface area contributed by atoms with E-state index in [9.17, 15) is 18.0 Å². The van der Waals surface area contributed by atoms with Gasteiger partial charge in [-0.1, -0.05) is 42.5 Å². The molecule has 3 rings (SSSR count). The van der Waals surface area contributed by atoms with Crippen LogP contribution in [-0.2, 0) is 24.4 Å². The van der Waals surface area contributed by atoms with Crippen LogP contribution >= 0.6 is 0 Å². The summed E-state index contributed by atoms with van der Waals surface area (Å²) in [4.78, 5) is 29.5. The molecule has 0 saturated carbocycles. The minimum absolute atomic E-state index is 0.0556. The predicted octanol–water partition coefficient (Wildman–Crippen LogP) is 0.325. The van der Waals surface area contributed by atoms with Gasteiger partial charge in [0.1, 0.15) is 11.9 Å². The minimum Gasteiger partial charge on any atom is -0.480 e. The van der Waals surface area contributed by atoms with Crippen LogP contribution in [-0.4, -0.2) is 54.2 Å². The van der Waals surface area contributed by atoms with Crippen molar-refractivity contribution in [2.75, 3.05) is 6.54 Å². The Balaban J connectivity index is 1.74. The number of amidine groups is 1. The van der Waals surface area contributed by atoms with Gasteiger partial charge in [0.25, 0.3) is 10.0 Å². The summed E-state index contributed by atoms with van der Waals surface area (Å²) in [7, 11) is -4.32. The molecule has 0 unspecified atom stereocenters. The average Bonchev–Trinajstić information content (AvgIpc) is 3.26. The summed E-state index contributed by atoms with van der Waals surface area (Å²) in [5.74, 6) is -2.31. The zero-order valence-electron chi connectivity index (χ0n) is 17.5. The number of hydrogen-bond acceptors (Lipinski definition) is 8. The lowest BCUT2D eigenvalue weighted by Crippen LogP contribution is -2.48. The number of carbonyl (C=O) groups excluding carboxylic acids is 1. The van der Waals surface area contributed by atoms with E-state index in [2.05, 4.69) is 5.48 Å². The molecule has 11 nitrogen and oxygen atoms in total. The molecule has 1 aliphatic heterocycles. The van der Waals surface area contributed by atoms with Crippen LogP contribution < -0.4 is 16.9 Å². The Morgan fingerprint density at radius 3 is 2.39 bits per heavy atom. The van der Waals surface area contributed by atoms with Gasteiger partial charge in [-0.05, 0) is 24.1 Å². The first-order valence-electron chi connectivity index (χ1n) is 10.0. The van der Waals surface area contributed by atoms with Crippen LogP contribution in [0.2, 0.25) is 0 Å². The topological polar surface area (TPSA) is 189 Å². The Bertz CT molecular complexity index is 1120. The van der Waals surface area contributed by atoms with Gasteiger partial charge in [0.15, 0.2) is 0 Å². The largest absolute Gasteiger partial charge is 0.480 e. The van der Waals surface area contributed by atoms with Gasteiger partial charge in [-0.15, -0.1) is 0 Å². The second kappa shape index (κ2) is 10.1. The minimum atomic E-state index is -4.32. The summed E-state index contributed by atoms with van der Waals surface area (Å²) in [6.45, 7) is -0.707. The quantitative estimate of drug-likeness (QED) is 0.251. The van der Waals surface area contributed by atoms with Gasteiger partial charge in [0, 0.05) is 5.56 Å². The molecule has 1 amide bonds. The number of carbonyl (C=O) groups is 2. The number of carboxylic acid groups (broad SMARTS) is 1. The van der Waals surface area contributed by atoms with Crippen molar-refractivity contribution < 1.29 is 28.0 Å². The van der Waals surface area contributed by atoms with Crippen LogP contribution in [0.15, 0.2) is 59.5 Å². The highest BCUT2D eigenvalue weighted by molar-refractivity contribution is 7.89. The molecule has 2 aromatic carbocycles. The molecule has 2 aromatic rings. The number of nitrogens with two attached hydrogens (primary N) is 2. The van der Waals surface area contributed by atoms with Crippen LogP contribution in [0.5, 0.6) is 0 Å². The molecule has 0 radical (unpaired) electrons. The van der Waals surface area contributed by atoms with Crippen LogP contribution in [0.4, 0.5) is 0 Å². The number of rotatable bonds is 9. The maximum Gasteiger partial charge on any atom is 0.322 e. The van der Waals surface area contributed by atoms with E-state index in [1.54, 1.807) is 30.3 Å². The Morgan fingerprint density at radius 1 is 1.18 bits per heavy atom. The van der Waals surface area contributed by atoms with E-state index in [1.165, 1.54) is 24.3 Å². The van der Waals surface area contributed by atoms with Gasteiger partial charge in [-0.25, -0.2) is 12.7 Å². The van der Waals surface area contributed by atoms with Crippen LogP contribution in [0.1, 0.15) is 30.0 Å². The van der Waals surface area contributed by atoms with E-state index < -0.39 is 40.6 Å². The summed E-state index contributed by atoms with van der Waals surface area (Å²) in [6, 6.07) is 12.4. The highest BCUT2D eigenvalue weighted by Gasteiger charge is 2.36. The molecule has 0 bridgehead atoms. The van der Waals surface area contributed by atoms with Crippen LogP contribution in [0.3, 0.4) is 0 Å². The number of aliphatic carboxylic acids is 1. The number of nitrogen functional groups attached to an aromatic ring is 1. The fraction of sp³-hybridized carbons (Fsp3) is 0.286. The fourth-order valence-corrected chi connectivity index (χ4v) is 4.82. The van der Waals surface area contributed by atoms with Crippen molar-refractivity contribution >= 4 is 27.7 Å². The number of amides is 1. The number of sulfonamides is 1. The molecule has 1 fully saturated rings. The summed E-state index contributed by atoms with van der Waals surface area (Å²) >= 11 is 0. The van der Waals surface area contributed by atoms with Crippen molar-refractivity contribution in [3.8, 4) is 0 Å². The molecular weight excluding hydrogens is 450 g/mol. The zero-order valence-corrected chi connectivity index (χ0v) is 18.4. The zero-order chi connectivity index (χ0) is 24.2. The fourth-order valence-electron chi connectivity index (χ4n) is 3.37. The number of carboxylic acids is 1. The van der Waals surface area contributed by atoms with Gasteiger partial charge >= 0.3 is 5.97 Å². The lowest BCUT2D eigenvalue weighted by Gasteiger charge is -2.25. The first-order chi connectivity index (χ1) is 15.6. The van der Waals surface area contributed by atoms with E-state index in [1.807, 2.05) is 0 Å². The molecule has 1 heterocycles. The third-order valence-corrected chi connectivity index (χ3v) is 6.99. The normalized spacial score (nSPS) is 19.1. The molecule has 1 saturated heterocycles. The van der Waals surface area contributed by atoms with Crippen molar-refractivity contribution in [3.63, 3.8) is 0 Å². The monoisotopic (exact) mass is 475 g/mol. The Morgan fingerprint density at radius 2 is 1.82 bits per heavy atom. The number of nitrogens with one attached hydrogen (secondary N) is 2. The molecule has 0 aliphatic carbocycles. The maximum absolute atomic E-state index is 13.1. The van der Waals surface area contributed by atoms with Gasteiger partial charge in [0.05, 0.1) is 30.0 Å². The van der Waals surface area contributed by atoms with Gasteiger partial charge in [0.2, 0.25) is 5.91 Å². The molecule has 33 heavy (non-hydrogen) atoms. The van der Waals surface area contributed by atoms with Crippen LogP contribution in [0.25, 0.3) is 0 Å². The van der Waals surface area contributed by atoms with E-state index >= 15 is 0 Å². The Labute approximate surface area is 190 Å². The highest BCUT2D eigenvalue weighted by Crippen LogP contribution is 2.28. The summed E-state index contributed by atoms with van der Waals surface area (Å²) in [5, 5.41) is 16.6. The van der Waals surface area contributed by atoms with E-state index in [4.69, 9.17) is 26.8 Å². The molecule has 176 valence electrons. The second-order valence-corrected chi connectivity index (χ2v) is 9.44. The molecule has 0 spiro atoms. The van der Waals surface area contributed by atoms with Gasteiger partial charge in [-0.3, -0.25) is 19.8 Å². The summed E-state index contributed by atoms with van der Waals surface area (Å²) in [6.07, 6.45) is -0.576. The number of hydrogen-bond donors (Lipinski definition) is 5. The van der Waals surface area contributed by atoms with Crippen molar-refractivity contribution in [1.82, 2.24) is 9.79 Å². The van der Waals surface area contributed by atoms with Crippen molar-refractivity contribution in [1.29, 1.82) is 5.41 Å². The number of hydroxylamine groups is 1.